The van der Waals surface area contributed by atoms with E-state index in [-0.39, 0.29) is 18.9 Å². The first kappa shape index (κ1) is 17.4. The molecule has 0 spiro atoms. The third-order valence-electron chi connectivity index (χ3n) is 4.16. The number of benzene rings is 1. The number of halogens is 4. The number of carboxylic acid groups (broad SMARTS) is 1. The smallest absolute Gasteiger partial charge is 0.391 e. The first-order valence-electron chi connectivity index (χ1n) is 7.30. The minimum atomic E-state index is -4.17. The van der Waals surface area contributed by atoms with Crippen LogP contribution in [0.4, 0.5) is 28.9 Å². The van der Waals surface area contributed by atoms with Crippen LogP contribution in [0.1, 0.15) is 36.0 Å². The van der Waals surface area contributed by atoms with Crippen molar-refractivity contribution in [3.63, 3.8) is 0 Å². The Morgan fingerprint density at radius 3 is 2.26 bits per heavy atom. The van der Waals surface area contributed by atoms with E-state index in [9.17, 15) is 22.4 Å². The first-order valence-corrected chi connectivity index (χ1v) is 7.30. The van der Waals surface area contributed by atoms with Crippen molar-refractivity contribution in [2.45, 2.75) is 37.9 Å². The van der Waals surface area contributed by atoms with Gasteiger partial charge in [0.2, 0.25) is 0 Å². The third-order valence-corrected chi connectivity index (χ3v) is 4.16. The Balaban J connectivity index is 2.11. The lowest BCUT2D eigenvalue weighted by Crippen LogP contribution is -2.33. The van der Waals surface area contributed by atoms with Gasteiger partial charge in [-0.25, -0.2) is 9.18 Å². The molecule has 0 aliphatic heterocycles. The molecule has 0 heterocycles. The zero-order chi connectivity index (χ0) is 17.2. The van der Waals surface area contributed by atoms with Gasteiger partial charge >= 0.3 is 12.1 Å². The number of alkyl halides is 3. The fourth-order valence-electron chi connectivity index (χ4n) is 2.85. The van der Waals surface area contributed by atoms with Crippen molar-refractivity contribution in [2.75, 3.05) is 17.7 Å². The van der Waals surface area contributed by atoms with Gasteiger partial charge in [0.05, 0.1) is 22.9 Å². The maximum absolute atomic E-state index is 13.7. The van der Waals surface area contributed by atoms with Crippen LogP contribution in [-0.4, -0.2) is 30.3 Å². The molecule has 3 N–H and O–H groups in total. The summed E-state index contributed by atoms with van der Waals surface area (Å²) < 4.78 is 51.6. The Morgan fingerprint density at radius 2 is 1.78 bits per heavy atom. The molecule has 1 aliphatic carbocycles. The quantitative estimate of drug-likeness (QED) is 0.726. The van der Waals surface area contributed by atoms with Crippen LogP contribution in [0.2, 0.25) is 0 Å². The molecule has 0 amide bonds. The predicted molar refractivity (Wildman–Crippen MR) is 78.3 cm³/mol. The lowest BCUT2D eigenvalue weighted by molar-refractivity contribution is -0.182. The van der Waals surface area contributed by atoms with E-state index in [1.165, 1.54) is 6.07 Å². The minimum absolute atomic E-state index is 0.0308. The van der Waals surface area contributed by atoms with Gasteiger partial charge in [-0.1, -0.05) is 0 Å². The van der Waals surface area contributed by atoms with E-state index < -0.39 is 29.4 Å². The van der Waals surface area contributed by atoms with Crippen LogP contribution in [-0.2, 0) is 0 Å². The van der Waals surface area contributed by atoms with Crippen molar-refractivity contribution in [3.05, 3.63) is 23.5 Å². The Bertz CT molecular complexity index is 582. The molecule has 0 saturated heterocycles. The summed E-state index contributed by atoms with van der Waals surface area (Å²) in [4.78, 5) is 11.0. The molecule has 1 aromatic carbocycles. The Labute approximate surface area is 130 Å². The van der Waals surface area contributed by atoms with Crippen LogP contribution >= 0.6 is 0 Å². The summed E-state index contributed by atoms with van der Waals surface area (Å²) in [6.07, 6.45) is -3.46. The van der Waals surface area contributed by atoms with Gasteiger partial charge in [-0.2, -0.15) is 13.2 Å². The number of carboxylic acids is 1. The maximum Gasteiger partial charge on any atom is 0.391 e. The van der Waals surface area contributed by atoms with Crippen LogP contribution in [0.3, 0.4) is 0 Å². The summed E-state index contributed by atoms with van der Waals surface area (Å²) in [6, 6.07) is 2.03. The maximum atomic E-state index is 13.7. The number of anilines is 2. The Hall–Kier alpha value is -1.99. The molecule has 1 aromatic rings. The molecule has 0 aromatic heterocycles. The molecule has 0 bridgehead atoms. The molecule has 0 atom stereocenters. The van der Waals surface area contributed by atoms with E-state index in [4.69, 9.17) is 5.11 Å². The monoisotopic (exact) mass is 334 g/mol. The highest BCUT2D eigenvalue weighted by Gasteiger charge is 2.41. The van der Waals surface area contributed by atoms with Crippen molar-refractivity contribution < 1.29 is 27.5 Å². The second kappa shape index (κ2) is 6.64. The fraction of sp³-hybridized carbons (Fsp3) is 0.533. The van der Waals surface area contributed by atoms with Gasteiger partial charge in [-0.05, 0) is 37.8 Å². The van der Waals surface area contributed by atoms with Crippen molar-refractivity contribution in [1.29, 1.82) is 0 Å². The van der Waals surface area contributed by atoms with Crippen LogP contribution in [0, 0.1) is 11.7 Å². The second-order valence-corrected chi connectivity index (χ2v) is 5.67. The largest absolute Gasteiger partial charge is 0.478 e. The predicted octanol–water partition coefficient (Wildman–Crippen LogP) is 4.10. The zero-order valence-corrected chi connectivity index (χ0v) is 12.5. The molecule has 0 unspecified atom stereocenters. The minimum Gasteiger partial charge on any atom is -0.478 e. The molecule has 1 fully saturated rings. The first-order chi connectivity index (χ1) is 10.7. The summed E-state index contributed by atoms with van der Waals surface area (Å²) in [6.45, 7) is 0. The topological polar surface area (TPSA) is 61.4 Å². The lowest BCUT2D eigenvalue weighted by atomic mass is 9.85. The van der Waals surface area contributed by atoms with Gasteiger partial charge in [-0.15, -0.1) is 0 Å². The standard InChI is InChI=1S/C15H18F4N2O2/c1-20-12-7-11(16)10(14(22)23)6-13(12)21-9-4-2-8(3-5-9)15(17,18)19/h6-9,20-21H,2-5H2,1H3,(H,22,23). The SMILES string of the molecule is CNc1cc(F)c(C(=O)O)cc1NC1CCC(C(F)(F)F)CC1. The van der Waals surface area contributed by atoms with Crippen molar-refractivity contribution >= 4 is 17.3 Å². The van der Waals surface area contributed by atoms with E-state index >= 15 is 0 Å². The Morgan fingerprint density at radius 1 is 1.17 bits per heavy atom. The Kier molecular flexibility index (Phi) is 5.01. The van der Waals surface area contributed by atoms with Crippen LogP contribution < -0.4 is 10.6 Å². The number of carbonyl (C=O) groups is 1. The van der Waals surface area contributed by atoms with Crippen molar-refractivity contribution in [1.82, 2.24) is 0 Å². The van der Waals surface area contributed by atoms with Gasteiger partial charge in [0, 0.05) is 13.1 Å². The lowest BCUT2D eigenvalue weighted by Gasteiger charge is -2.31. The molecule has 2 rings (SSSR count). The summed E-state index contributed by atoms with van der Waals surface area (Å²) >= 11 is 0. The molecule has 0 radical (unpaired) electrons. The van der Waals surface area contributed by atoms with Crippen LogP contribution in [0.15, 0.2) is 12.1 Å². The third kappa shape index (κ3) is 4.05. The molecule has 4 nitrogen and oxygen atoms in total. The van der Waals surface area contributed by atoms with Gasteiger partial charge in [0.1, 0.15) is 5.82 Å². The van der Waals surface area contributed by atoms with E-state index in [2.05, 4.69) is 10.6 Å². The number of hydrogen-bond donors (Lipinski definition) is 3. The summed E-state index contributed by atoms with van der Waals surface area (Å²) in [5, 5.41) is 14.8. The van der Waals surface area contributed by atoms with E-state index in [1.54, 1.807) is 7.05 Å². The number of nitrogens with one attached hydrogen (secondary N) is 2. The van der Waals surface area contributed by atoms with Gasteiger partial charge < -0.3 is 15.7 Å². The second-order valence-electron chi connectivity index (χ2n) is 5.67. The molecule has 1 aliphatic rings. The average Bonchev–Trinajstić information content (AvgIpc) is 2.48. The van der Waals surface area contributed by atoms with Crippen molar-refractivity contribution in [3.8, 4) is 0 Å². The van der Waals surface area contributed by atoms with Gasteiger partial charge in [0.25, 0.3) is 0 Å². The zero-order valence-electron chi connectivity index (χ0n) is 12.5. The summed E-state index contributed by atoms with van der Waals surface area (Å²) in [5.41, 5.74) is 0.266. The molecule has 23 heavy (non-hydrogen) atoms. The molecular formula is C15H18F4N2O2. The average molecular weight is 334 g/mol. The number of rotatable bonds is 4. The molecule has 128 valence electrons. The van der Waals surface area contributed by atoms with E-state index in [0.717, 1.165) is 6.07 Å². The van der Waals surface area contributed by atoms with E-state index in [1.807, 2.05) is 0 Å². The van der Waals surface area contributed by atoms with E-state index in [0.29, 0.717) is 24.2 Å². The molecular weight excluding hydrogens is 316 g/mol. The molecule has 1 saturated carbocycles. The highest BCUT2D eigenvalue weighted by atomic mass is 19.4. The number of aromatic carboxylic acids is 1. The van der Waals surface area contributed by atoms with Gasteiger partial charge in [-0.3, -0.25) is 0 Å². The summed E-state index contributed by atoms with van der Waals surface area (Å²) in [5.74, 6) is -3.55. The van der Waals surface area contributed by atoms with Crippen molar-refractivity contribution in [2.24, 2.45) is 5.92 Å². The highest BCUT2D eigenvalue weighted by molar-refractivity contribution is 5.91. The number of hydrogen-bond acceptors (Lipinski definition) is 3. The molecule has 8 heteroatoms. The van der Waals surface area contributed by atoms with Gasteiger partial charge in [0.15, 0.2) is 0 Å². The van der Waals surface area contributed by atoms with Crippen LogP contribution in [0.25, 0.3) is 0 Å². The summed E-state index contributed by atoms with van der Waals surface area (Å²) in [7, 11) is 1.56. The van der Waals surface area contributed by atoms with Crippen LogP contribution in [0.5, 0.6) is 0 Å². The highest BCUT2D eigenvalue weighted by Crippen LogP contribution is 2.38. The fourth-order valence-corrected chi connectivity index (χ4v) is 2.85. The normalized spacial score (nSPS) is 21.8.